The van der Waals surface area contributed by atoms with Crippen LogP contribution in [0.1, 0.15) is 136 Å². The summed E-state index contributed by atoms with van der Waals surface area (Å²) in [5.41, 5.74) is 4.07. The summed E-state index contributed by atoms with van der Waals surface area (Å²) in [6.45, 7) is 28.4. The van der Waals surface area contributed by atoms with Crippen molar-refractivity contribution in [2.24, 2.45) is 10.4 Å². The third-order valence-electron chi connectivity index (χ3n) is 6.30. The molecule has 0 amide bonds. The SMILES string of the molecule is CC(/C=C(/C)[N-]c1c(C(C)C)cccc1C(C)C)=Nc1c(C(C)C)cccc1C(C)C.CC(C)(C)[C]#[V+].O=S(=O)([O-])C(F)(F)F. The monoisotopic (exact) mass is 686 g/mol. The minimum atomic E-state index is -6.09. The van der Waals surface area contributed by atoms with Crippen molar-refractivity contribution in [1.82, 2.24) is 0 Å². The summed E-state index contributed by atoms with van der Waals surface area (Å²) in [6, 6.07) is 13.1. The number of rotatable bonds is 8. The third kappa shape index (κ3) is 15.2. The summed E-state index contributed by atoms with van der Waals surface area (Å²) in [5.74, 6) is 1.75. The standard InChI is InChI=1S/C29H41N2.C5H9.CHF3O3S.V/c1-18(2)24-13-11-14-25(19(3)4)28(24)30-22(9)17-23(10)31-29-26(20(5)6)15-12-16-27(29)21(7)8;1-5(2,3)4;2-1(3,4)8(5,6)7;/h11-21H,1-10H3;1-3H3;(H,5,6,7);/q-1;;;+1/p-1/b22-17-,31-23?;;;. The largest absolute Gasteiger partial charge is 0.741 e. The second-order valence-corrected chi connectivity index (χ2v) is 14.8. The Morgan fingerprint density at radius 1 is 0.822 bits per heavy atom. The average molecular weight is 687 g/mol. The van der Waals surface area contributed by atoms with E-state index in [-0.39, 0.29) is 5.41 Å². The molecule has 0 heterocycles. The van der Waals surface area contributed by atoms with Crippen LogP contribution in [0.5, 0.6) is 0 Å². The number of alkyl halides is 3. The van der Waals surface area contributed by atoms with Crippen LogP contribution in [0.3, 0.4) is 0 Å². The second kappa shape index (κ2) is 18.2. The van der Waals surface area contributed by atoms with Crippen LogP contribution in [0.25, 0.3) is 5.32 Å². The van der Waals surface area contributed by atoms with Gasteiger partial charge in [0, 0.05) is 5.71 Å². The van der Waals surface area contributed by atoms with Crippen molar-refractivity contribution >= 4 is 27.2 Å². The fraction of sp³-hybridized carbons (Fsp3) is 0.543. The van der Waals surface area contributed by atoms with Gasteiger partial charge in [0.1, 0.15) is 0 Å². The molecule has 0 unspecified atom stereocenters. The molecule has 0 saturated carbocycles. The van der Waals surface area contributed by atoms with Gasteiger partial charge in [0.25, 0.3) is 0 Å². The number of para-hydroxylation sites is 2. The van der Waals surface area contributed by atoms with E-state index in [1.165, 1.54) is 22.3 Å². The Hall–Kier alpha value is -2.29. The minimum Gasteiger partial charge on any atom is -0.741 e. The molecule has 0 radical (unpaired) electrons. The fourth-order valence-electron chi connectivity index (χ4n) is 4.00. The van der Waals surface area contributed by atoms with Gasteiger partial charge in [-0.2, -0.15) is 18.9 Å². The first kappa shape index (κ1) is 42.7. The van der Waals surface area contributed by atoms with E-state index in [1.54, 1.807) is 0 Å². The molecule has 0 saturated heterocycles. The molecule has 0 fully saturated rings. The van der Waals surface area contributed by atoms with Crippen molar-refractivity contribution < 1.29 is 42.9 Å². The molecule has 2 aromatic rings. The molecule has 0 bridgehead atoms. The van der Waals surface area contributed by atoms with Crippen LogP contribution < -0.4 is 0 Å². The van der Waals surface area contributed by atoms with Crippen molar-refractivity contribution in [1.29, 1.82) is 0 Å². The summed E-state index contributed by atoms with van der Waals surface area (Å²) < 4.78 is 61.9. The van der Waals surface area contributed by atoms with Gasteiger partial charge in [-0.15, -0.1) is 5.69 Å². The van der Waals surface area contributed by atoms with E-state index in [1.807, 2.05) is 0 Å². The molecule has 2 aromatic carbocycles. The maximum absolute atomic E-state index is 10.7. The van der Waals surface area contributed by atoms with Gasteiger partial charge >= 0.3 is 53.0 Å². The molecule has 0 spiro atoms. The van der Waals surface area contributed by atoms with Crippen LogP contribution in [0.4, 0.5) is 24.5 Å². The van der Waals surface area contributed by atoms with Crippen LogP contribution in [0, 0.1) is 9.95 Å². The molecule has 45 heavy (non-hydrogen) atoms. The van der Waals surface area contributed by atoms with E-state index in [2.05, 4.69) is 154 Å². The Bertz CT molecular complexity index is 1410. The van der Waals surface area contributed by atoms with Gasteiger partial charge < -0.3 is 9.87 Å². The summed E-state index contributed by atoms with van der Waals surface area (Å²) in [7, 11) is -6.09. The van der Waals surface area contributed by atoms with Gasteiger partial charge in [0.15, 0.2) is 10.1 Å². The maximum atomic E-state index is 10.7. The molecule has 251 valence electrons. The number of allylic oxidation sites excluding steroid dienone is 2. The molecular formula is C35H50F3N2O3SV-. The quantitative estimate of drug-likeness (QED) is 0.157. The molecule has 2 rings (SSSR count). The topological polar surface area (TPSA) is 83.7 Å². The Morgan fingerprint density at radius 2 is 1.13 bits per heavy atom. The molecule has 0 aliphatic heterocycles. The van der Waals surface area contributed by atoms with E-state index in [4.69, 9.17) is 23.3 Å². The van der Waals surface area contributed by atoms with Gasteiger partial charge in [-0.25, -0.2) is 8.42 Å². The Labute approximate surface area is 279 Å². The summed E-state index contributed by atoms with van der Waals surface area (Å²) in [6.07, 6.45) is 2.11. The van der Waals surface area contributed by atoms with Crippen LogP contribution in [-0.2, 0) is 26.9 Å². The molecule has 0 N–H and O–H groups in total. The minimum absolute atomic E-state index is 0.264. The summed E-state index contributed by atoms with van der Waals surface area (Å²) >= 11 is 2.35. The number of nitrogens with zero attached hydrogens (tertiary/aromatic N) is 2. The third-order valence-corrected chi connectivity index (χ3v) is 7.91. The van der Waals surface area contributed by atoms with Crippen molar-refractivity contribution in [3.8, 4) is 4.53 Å². The van der Waals surface area contributed by atoms with Crippen molar-refractivity contribution in [2.75, 3.05) is 0 Å². The van der Waals surface area contributed by atoms with Crippen LogP contribution in [0.2, 0.25) is 0 Å². The number of hydrogen-bond acceptors (Lipinski definition) is 4. The van der Waals surface area contributed by atoms with Crippen molar-refractivity contribution in [3.63, 3.8) is 0 Å². The van der Waals surface area contributed by atoms with Crippen molar-refractivity contribution in [2.45, 2.75) is 119 Å². The molecule has 0 atom stereocenters. The molecule has 0 aliphatic rings. The first-order valence-corrected chi connectivity index (χ1v) is 17.1. The van der Waals surface area contributed by atoms with Gasteiger partial charge in [0.2, 0.25) is 0 Å². The summed E-state index contributed by atoms with van der Waals surface area (Å²) in [5, 5.41) is 5.08. The Morgan fingerprint density at radius 3 is 1.40 bits per heavy atom. The molecule has 0 aromatic heterocycles. The summed E-state index contributed by atoms with van der Waals surface area (Å²) in [4.78, 5) is 5.08. The predicted molar refractivity (Wildman–Crippen MR) is 178 cm³/mol. The van der Waals surface area contributed by atoms with Crippen LogP contribution >= 0.6 is 0 Å². The number of aliphatic imine (C=N–C) groups is 1. The number of benzene rings is 2. The zero-order valence-electron chi connectivity index (χ0n) is 29.0. The van der Waals surface area contributed by atoms with E-state index < -0.39 is 15.6 Å². The van der Waals surface area contributed by atoms with Gasteiger partial charge in [-0.3, -0.25) is 4.99 Å². The van der Waals surface area contributed by atoms with Crippen LogP contribution in [0.15, 0.2) is 53.2 Å². The molecule has 5 nitrogen and oxygen atoms in total. The first-order valence-electron chi connectivity index (χ1n) is 15.0. The first-order chi connectivity index (χ1) is 20.3. The van der Waals surface area contributed by atoms with E-state index >= 15 is 0 Å². The van der Waals surface area contributed by atoms with Gasteiger partial charge in [-0.1, -0.05) is 116 Å². The van der Waals surface area contributed by atoms with E-state index in [9.17, 15) is 13.2 Å². The predicted octanol–water partition coefficient (Wildman–Crippen LogP) is 11.5. The maximum Gasteiger partial charge on any atom is 0.485 e. The zero-order chi connectivity index (χ0) is 35.5. The zero-order valence-corrected chi connectivity index (χ0v) is 31.2. The molecular weight excluding hydrogens is 636 g/mol. The van der Waals surface area contributed by atoms with E-state index in [0.717, 1.165) is 22.8 Å². The molecule has 0 aliphatic carbocycles. The Balaban J connectivity index is 0.00000115. The number of hydrogen-bond donors (Lipinski definition) is 0. The second-order valence-electron chi connectivity index (χ2n) is 13.1. The van der Waals surface area contributed by atoms with Gasteiger partial charge in [-0.05, 0) is 41.7 Å². The van der Waals surface area contributed by atoms with Crippen LogP contribution in [-0.4, -0.2) is 24.2 Å². The van der Waals surface area contributed by atoms with Gasteiger partial charge in [0.05, 0.1) is 5.69 Å². The fourth-order valence-corrected chi connectivity index (χ4v) is 4.00. The number of halogens is 3. The normalized spacial score (nSPS) is 13.0. The average Bonchev–Trinajstić information content (AvgIpc) is 2.87. The smallest absolute Gasteiger partial charge is 0.485 e. The van der Waals surface area contributed by atoms with Crippen molar-refractivity contribution in [3.05, 3.63) is 75.7 Å². The molecule has 10 heteroatoms. The van der Waals surface area contributed by atoms with E-state index in [0.29, 0.717) is 23.7 Å². The Kier molecular flexibility index (Phi) is 17.2.